The highest BCUT2D eigenvalue weighted by Gasteiger charge is 2.37. The van der Waals surface area contributed by atoms with E-state index in [9.17, 15) is 18.0 Å². The Bertz CT molecular complexity index is 427. The minimum Gasteiger partial charge on any atom is -0.497 e. The Morgan fingerprint density at radius 3 is 2.31 bits per heavy atom. The predicted molar refractivity (Wildman–Crippen MR) is 52.4 cm³/mol. The number of carbonyl (C=O) groups excluding carboxylic acids is 1. The van der Waals surface area contributed by atoms with E-state index in [0.717, 1.165) is 19.1 Å². The number of carbonyl (C=O) groups is 1. The van der Waals surface area contributed by atoms with Gasteiger partial charge >= 0.3 is 6.18 Å². The van der Waals surface area contributed by atoms with Gasteiger partial charge in [-0.1, -0.05) is 0 Å². The lowest BCUT2D eigenvalue weighted by molar-refractivity contribution is -0.137. The van der Waals surface area contributed by atoms with Crippen molar-refractivity contribution in [3.63, 3.8) is 0 Å². The van der Waals surface area contributed by atoms with Gasteiger partial charge in [0.15, 0.2) is 5.78 Å². The second-order valence-electron chi connectivity index (χ2n) is 3.19. The van der Waals surface area contributed by atoms with Crippen molar-refractivity contribution in [3.05, 3.63) is 23.3 Å². The molecule has 0 aliphatic rings. The fourth-order valence-corrected chi connectivity index (χ4v) is 1.35. The Kier molecular flexibility index (Phi) is 3.11. The summed E-state index contributed by atoms with van der Waals surface area (Å²) in [6, 6.07) is 2.07. The third-order valence-corrected chi connectivity index (χ3v) is 2.04. The van der Waals surface area contributed by atoms with Crippen LogP contribution in [0, 0.1) is 0 Å². The van der Waals surface area contributed by atoms with E-state index in [4.69, 9.17) is 10.5 Å². The Morgan fingerprint density at radius 1 is 1.38 bits per heavy atom. The van der Waals surface area contributed by atoms with Gasteiger partial charge in [-0.25, -0.2) is 0 Å². The molecule has 0 amide bonds. The molecule has 1 rings (SSSR count). The molecule has 0 fully saturated rings. The molecule has 88 valence electrons. The number of halogens is 3. The van der Waals surface area contributed by atoms with Gasteiger partial charge in [0.1, 0.15) is 5.75 Å². The van der Waals surface area contributed by atoms with E-state index in [1.807, 2.05) is 0 Å². The third kappa shape index (κ3) is 2.26. The van der Waals surface area contributed by atoms with Crippen LogP contribution in [0.2, 0.25) is 0 Å². The normalized spacial score (nSPS) is 11.3. The van der Waals surface area contributed by atoms with Gasteiger partial charge in [-0.05, 0) is 13.0 Å². The van der Waals surface area contributed by atoms with Crippen molar-refractivity contribution in [3.8, 4) is 5.75 Å². The van der Waals surface area contributed by atoms with Gasteiger partial charge in [-0.15, -0.1) is 0 Å². The zero-order valence-electron chi connectivity index (χ0n) is 8.68. The number of methoxy groups -OCH3 is 1. The molecule has 0 unspecified atom stereocenters. The molecule has 0 atom stereocenters. The van der Waals surface area contributed by atoms with Crippen molar-refractivity contribution in [2.45, 2.75) is 13.1 Å². The van der Waals surface area contributed by atoms with Gasteiger partial charge in [0.25, 0.3) is 0 Å². The maximum absolute atomic E-state index is 12.6. The predicted octanol–water partition coefficient (Wildman–Crippen LogP) is 2.50. The number of alkyl halides is 3. The summed E-state index contributed by atoms with van der Waals surface area (Å²) in [6.45, 7) is 1.05. The number of hydrogen-bond donors (Lipinski definition) is 1. The summed E-state index contributed by atoms with van der Waals surface area (Å²) in [7, 11) is 1.28. The highest BCUT2D eigenvalue weighted by Crippen LogP contribution is 2.38. The molecule has 3 nitrogen and oxygen atoms in total. The van der Waals surface area contributed by atoms with Gasteiger partial charge in [0.05, 0.1) is 12.7 Å². The van der Waals surface area contributed by atoms with E-state index in [0.29, 0.717) is 0 Å². The first-order chi connectivity index (χ1) is 7.27. The van der Waals surface area contributed by atoms with Crippen LogP contribution < -0.4 is 10.5 Å². The summed E-state index contributed by atoms with van der Waals surface area (Å²) < 4.78 is 42.7. The van der Waals surface area contributed by atoms with Gasteiger partial charge < -0.3 is 10.5 Å². The summed E-state index contributed by atoms with van der Waals surface area (Å²) in [4.78, 5) is 11.1. The van der Waals surface area contributed by atoms with Crippen LogP contribution in [-0.2, 0) is 6.18 Å². The van der Waals surface area contributed by atoms with Gasteiger partial charge in [0, 0.05) is 17.3 Å². The lowest BCUT2D eigenvalue weighted by Gasteiger charge is -2.15. The number of hydrogen-bond acceptors (Lipinski definition) is 3. The first-order valence-corrected chi connectivity index (χ1v) is 4.33. The fraction of sp³-hybridized carbons (Fsp3) is 0.300. The SMILES string of the molecule is COc1cc(N)c(C(F)(F)F)c(C(C)=O)c1. The zero-order chi connectivity index (χ0) is 12.5. The fourth-order valence-electron chi connectivity index (χ4n) is 1.35. The first kappa shape index (κ1) is 12.4. The van der Waals surface area contributed by atoms with Crippen LogP contribution in [0.1, 0.15) is 22.8 Å². The van der Waals surface area contributed by atoms with Crippen molar-refractivity contribution in [1.29, 1.82) is 0 Å². The Morgan fingerprint density at radius 2 is 1.94 bits per heavy atom. The molecule has 0 aliphatic heterocycles. The molecular weight excluding hydrogens is 223 g/mol. The van der Waals surface area contributed by atoms with Crippen LogP contribution in [0.15, 0.2) is 12.1 Å². The molecule has 0 heterocycles. The number of anilines is 1. The number of Topliss-reactive ketones (excluding diaryl/α,β-unsaturated/α-hetero) is 1. The van der Waals surface area contributed by atoms with Crippen molar-refractivity contribution in [2.75, 3.05) is 12.8 Å². The smallest absolute Gasteiger partial charge is 0.419 e. The molecule has 0 radical (unpaired) electrons. The second kappa shape index (κ2) is 4.03. The van der Waals surface area contributed by atoms with Gasteiger partial charge in [-0.2, -0.15) is 13.2 Å². The summed E-state index contributed by atoms with van der Waals surface area (Å²) in [5, 5.41) is 0. The van der Waals surface area contributed by atoms with E-state index in [1.165, 1.54) is 7.11 Å². The monoisotopic (exact) mass is 233 g/mol. The molecule has 0 saturated carbocycles. The van der Waals surface area contributed by atoms with Crippen LogP contribution in [0.3, 0.4) is 0 Å². The second-order valence-corrected chi connectivity index (χ2v) is 3.19. The molecule has 0 aromatic heterocycles. The Hall–Kier alpha value is -1.72. The highest BCUT2D eigenvalue weighted by atomic mass is 19.4. The van der Waals surface area contributed by atoms with Crippen LogP contribution in [0.25, 0.3) is 0 Å². The molecule has 2 N–H and O–H groups in total. The Labute approximate surface area is 90.0 Å². The van der Waals surface area contributed by atoms with Crippen molar-refractivity contribution < 1.29 is 22.7 Å². The average molecular weight is 233 g/mol. The van der Waals surface area contributed by atoms with Crippen molar-refractivity contribution in [2.24, 2.45) is 0 Å². The quantitative estimate of drug-likeness (QED) is 0.630. The molecular formula is C10H10F3NO2. The van der Waals surface area contributed by atoms with Crippen molar-refractivity contribution >= 4 is 11.5 Å². The van der Waals surface area contributed by atoms with Crippen LogP contribution >= 0.6 is 0 Å². The van der Waals surface area contributed by atoms with Crippen LogP contribution in [-0.4, -0.2) is 12.9 Å². The number of rotatable bonds is 2. The molecule has 16 heavy (non-hydrogen) atoms. The maximum atomic E-state index is 12.6. The molecule has 0 spiro atoms. The topological polar surface area (TPSA) is 52.3 Å². The van der Waals surface area contributed by atoms with Crippen LogP contribution in [0.4, 0.5) is 18.9 Å². The number of nitrogen functional groups attached to an aromatic ring is 1. The van der Waals surface area contributed by atoms with E-state index in [2.05, 4.69) is 0 Å². The van der Waals surface area contributed by atoms with Gasteiger partial charge in [0.2, 0.25) is 0 Å². The molecule has 0 aliphatic carbocycles. The van der Waals surface area contributed by atoms with E-state index >= 15 is 0 Å². The standard InChI is InChI=1S/C10H10F3NO2/c1-5(15)7-3-6(16-2)4-8(14)9(7)10(11,12)13/h3-4H,14H2,1-2H3. The molecule has 1 aromatic rings. The summed E-state index contributed by atoms with van der Waals surface area (Å²) in [6.07, 6.45) is -4.66. The molecule has 6 heteroatoms. The summed E-state index contributed by atoms with van der Waals surface area (Å²) >= 11 is 0. The number of nitrogens with two attached hydrogens (primary N) is 1. The molecule has 1 aromatic carbocycles. The number of benzene rings is 1. The summed E-state index contributed by atoms with van der Waals surface area (Å²) in [5.74, 6) is -0.589. The minimum atomic E-state index is -4.66. The van der Waals surface area contributed by atoms with E-state index in [1.54, 1.807) is 0 Å². The van der Waals surface area contributed by atoms with Gasteiger partial charge in [-0.3, -0.25) is 4.79 Å². The van der Waals surface area contributed by atoms with E-state index in [-0.39, 0.29) is 5.75 Å². The lowest BCUT2D eigenvalue weighted by Crippen LogP contribution is -2.15. The molecule has 0 saturated heterocycles. The Balaban J connectivity index is 3.53. The minimum absolute atomic E-state index is 0.121. The lowest BCUT2D eigenvalue weighted by atomic mass is 10.0. The maximum Gasteiger partial charge on any atom is 0.419 e. The zero-order valence-corrected chi connectivity index (χ0v) is 8.68. The largest absolute Gasteiger partial charge is 0.497 e. The average Bonchev–Trinajstić information content (AvgIpc) is 2.14. The first-order valence-electron chi connectivity index (χ1n) is 4.33. The van der Waals surface area contributed by atoms with Crippen molar-refractivity contribution in [1.82, 2.24) is 0 Å². The third-order valence-electron chi connectivity index (χ3n) is 2.04. The van der Waals surface area contributed by atoms with E-state index < -0.39 is 28.8 Å². The molecule has 0 bridgehead atoms. The summed E-state index contributed by atoms with van der Waals surface area (Å²) in [5.41, 5.74) is 3.16. The number of ether oxygens (including phenoxy) is 1. The highest BCUT2D eigenvalue weighted by molar-refractivity contribution is 5.97. The number of ketones is 1. The van der Waals surface area contributed by atoms with Crippen LogP contribution in [0.5, 0.6) is 5.75 Å².